The van der Waals surface area contributed by atoms with E-state index in [9.17, 15) is 5.11 Å². The van der Waals surface area contributed by atoms with Crippen LogP contribution in [0.3, 0.4) is 0 Å². The molecule has 108 valence electrons. The van der Waals surface area contributed by atoms with Crippen molar-refractivity contribution >= 4 is 31.9 Å². The zero-order valence-electron chi connectivity index (χ0n) is 11.6. The molecule has 0 atom stereocenters. The van der Waals surface area contributed by atoms with Crippen molar-refractivity contribution in [1.82, 2.24) is 0 Å². The molecule has 3 aromatic carbocycles. The van der Waals surface area contributed by atoms with Crippen LogP contribution in [-0.4, -0.2) is 5.11 Å². The summed E-state index contributed by atoms with van der Waals surface area (Å²) in [5, 5.41) is 10.2. The summed E-state index contributed by atoms with van der Waals surface area (Å²) in [4.78, 5) is 0. The van der Waals surface area contributed by atoms with Crippen LogP contribution in [0, 0.1) is 0 Å². The van der Waals surface area contributed by atoms with Crippen molar-refractivity contribution in [2.24, 2.45) is 0 Å². The summed E-state index contributed by atoms with van der Waals surface area (Å²) in [7, 11) is 0. The molecular weight excluding hydrogens is 404 g/mol. The standard InChI is InChI=1S/C19H12Br2O/c20-16-7-8-17(22)18(19(16)21)12-5-6-15-13(10-12)9-11-3-1-2-4-14(11)15/h1-8,10,22H,9H2. The number of halogens is 2. The van der Waals surface area contributed by atoms with Crippen molar-refractivity contribution < 1.29 is 5.11 Å². The fourth-order valence-corrected chi connectivity index (χ4v) is 4.01. The van der Waals surface area contributed by atoms with E-state index in [1.54, 1.807) is 6.07 Å². The van der Waals surface area contributed by atoms with Crippen LogP contribution in [0.15, 0.2) is 63.5 Å². The van der Waals surface area contributed by atoms with Crippen LogP contribution in [0.1, 0.15) is 11.1 Å². The maximum Gasteiger partial charge on any atom is 0.124 e. The number of fused-ring (bicyclic) bond motifs is 3. The van der Waals surface area contributed by atoms with Crippen LogP contribution in [0.2, 0.25) is 0 Å². The van der Waals surface area contributed by atoms with Gasteiger partial charge in [0.05, 0.1) is 0 Å². The Hall–Kier alpha value is -1.58. The van der Waals surface area contributed by atoms with Gasteiger partial charge in [-0.2, -0.15) is 0 Å². The molecule has 1 nitrogen and oxygen atoms in total. The van der Waals surface area contributed by atoms with E-state index in [4.69, 9.17) is 0 Å². The molecule has 0 amide bonds. The van der Waals surface area contributed by atoms with Gasteiger partial charge in [0.1, 0.15) is 5.75 Å². The van der Waals surface area contributed by atoms with Crippen LogP contribution in [0.5, 0.6) is 5.75 Å². The number of rotatable bonds is 1. The predicted octanol–water partition coefficient (Wildman–Crippen LogP) is 6.16. The Morgan fingerprint density at radius 2 is 1.59 bits per heavy atom. The molecule has 0 heterocycles. The lowest BCUT2D eigenvalue weighted by Gasteiger charge is -2.11. The largest absolute Gasteiger partial charge is 0.507 e. The molecule has 0 radical (unpaired) electrons. The summed E-state index contributed by atoms with van der Waals surface area (Å²) in [5.74, 6) is 0.283. The molecule has 0 aliphatic heterocycles. The SMILES string of the molecule is Oc1ccc(Br)c(Br)c1-c1ccc2c(c1)Cc1ccccc1-2. The highest BCUT2D eigenvalue weighted by Gasteiger charge is 2.20. The first-order valence-electron chi connectivity index (χ1n) is 7.03. The van der Waals surface area contributed by atoms with Gasteiger partial charge in [0.2, 0.25) is 0 Å². The highest BCUT2D eigenvalue weighted by atomic mass is 79.9. The van der Waals surface area contributed by atoms with E-state index in [2.05, 4.69) is 74.3 Å². The molecule has 1 aliphatic rings. The third kappa shape index (κ3) is 2.11. The van der Waals surface area contributed by atoms with Crippen LogP contribution >= 0.6 is 31.9 Å². The van der Waals surface area contributed by atoms with Gasteiger partial charge in [-0.3, -0.25) is 0 Å². The van der Waals surface area contributed by atoms with Gasteiger partial charge in [-0.05, 0) is 78.2 Å². The van der Waals surface area contributed by atoms with Crippen molar-refractivity contribution in [1.29, 1.82) is 0 Å². The number of aromatic hydroxyl groups is 1. The minimum absolute atomic E-state index is 0.283. The Bertz CT molecular complexity index is 900. The van der Waals surface area contributed by atoms with Crippen LogP contribution in [-0.2, 0) is 6.42 Å². The lowest BCUT2D eigenvalue weighted by molar-refractivity contribution is 0.477. The quantitative estimate of drug-likeness (QED) is 0.395. The number of phenols is 1. The molecule has 0 saturated heterocycles. The second kappa shape index (κ2) is 5.25. The highest BCUT2D eigenvalue weighted by molar-refractivity contribution is 9.13. The minimum atomic E-state index is 0.283. The fourth-order valence-electron chi connectivity index (χ4n) is 3.12. The lowest BCUT2D eigenvalue weighted by Crippen LogP contribution is -1.86. The molecule has 0 spiro atoms. The summed E-state index contributed by atoms with van der Waals surface area (Å²) >= 11 is 7.07. The first kappa shape index (κ1) is 14.0. The van der Waals surface area contributed by atoms with Gasteiger partial charge in [-0.15, -0.1) is 0 Å². The Kier molecular flexibility index (Phi) is 3.35. The van der Waals surface area contributed by atoms with Crippen LogP contribution < -0.4 is 0 Å². The maximum atomic E-state index is 10.2. The summed E-state index contributed by atoms with van der Waals surface area (Å²) < 4.78 is 1.81. The molecule has 3 aromatic rings. The molecule has 1 N–H and O–H groups in total. The number of phenolic OH excluding ortho intramolecular Hbond substituents is 1. The average Bonchev–Trinajstić information content (AvgIpc) is 2.89. The average molecular weight is 416 g/mol. The van der Waals surface area contributed by atoms with E-state index in [1.165, 1.54) is 22.3 Å². The summed E-state index contributed by atoms with van der Waals surface area (Å²) in [6.45, 7) is 0. The van der Waals surface area contributed by atoms with E-state index < -0.39 is 0 Å². The topological polar surface area (TPSA) is 20.2 Å². The molecule has 0 bridgehead atoms. The number of benzene rings is 3. The van der Waals surface area contributed by atoms with Crippen molar-refractivity contribution in [3.8, 4) is 28.0 Å². The minimum Gasteiger partial charge on any atom is -0.507 e. The van der Waals surface area contributed by atoms with Crippen molar-refractivity contribution in [2.75, 3.05) is 0 Å². The Morgan fingerprint density at radius 3 is 2.45 bits per heavy atom. The maximum absolute atomic E-state index is 10.2. The molecule has 0 unspecified atom stereocenters. The zero-order valence-corrected chi connectivity index (χ0v) is 14.8. The fraction of sp³-hybridized carbons (Fsp3) is 0.0526. The molecule has 0 aromatic heterocycles. The highest BCUT2D eigenvalue weighted by Crippen LogP contribution is 2.43. The first-order valence-corrected chi connectivity index (χ1v) is 8.62. The number of hydrogen-bond acceptors (Lipinski definition) is 1. The van der Waals surface area contributed by atoms with Gasteiger partial charge in [0, 0.05) is 14.5 Å². The summed E-state index contributed by atoms with van der Waals surface area (Å²) in [6.07, 6.45) is 0.950. The molecule has 3 heteroatoms. The first-order chi connectivity index (χ1) is 10.6. The molecule has 22 heavy (non-hydrogen) atoms. The second-order valence-electron chi connectivity index (χ2n) is 5.46. The van der Waals surface area contributed by atoms with Gasteiger partial charge < -0.3 is 5.11 Å². The third-order valence-corrected chi connectivity index (χ3v) is 6.17. The van der Waals surface area contributed by atoms with Crippen molar-refractivity contribution in [3.05, 3.63) is 74.7 Å². The molecule has 0 fully saturated rings. The Balaban J connectivity index is 1.88. The normalized spacial score (nSPS) is 12.1. The van der Waals surface area contributed by atoms with Crippen molar-refractivity contribution in [3.63, 3.8) is 0 Å². The van der Waals surface area contributed by atoms with Crippen molar-refractivity contribution in [2.45, 2.75) is 6.42 Å². The molecule has 4 rings (SSSR count). The van der Waals surface area contributed by atoms with Gasteiger partial charge in [-0.1, -0.05) is 42.5 Å². The van der Waals surface area contributed by atoms with Crippen LogP contribution in [0.25, 0.3) is 22.3 Å². The Morgan fingerprint density at radius 1 is 0.818 bits per heavy atom. The zero-order chi connectivity index (χ0) is 15.3. The molecule has 1 aliphatic carbocycles. The predicted molar refractivity (Wildman–Crippen MR) is 97.2 cm³/mol. The summed E-state index contributed by atoms with van der Waals surface area (Å²) in [6, 6.07) is 18.5. The van der Waals surface area contributed by atoms with Gasteiger partial charge in [0.25, 0.3) is 0 Å². The summed E-state index contributed by atoms with van der Waals surface area (Å²) in [5.41, 5.74) is 7.15. The molecule has 0 saturated carbocycles. The van der Waals surface area contributed by atoms with Gasteiger partial charge in [-0.25, -0.2) is 0 Å². The van der Waals surface area contributed by atoms with E-state index in [1.807, 2.05) is 6.07 Å². The molecular formula is C19H12Br2O. The van der Waals surface area contributed by atoms with E-state index in [-0.39, 0.29) is 5.75 Å². The smallest absolute Gasteiger partial charge is 0.124 e. The number of hydrogen-bond donors (Lipinski definition) is 1. The van der Waals surface area contributed by atoms with E-state index in [0.717, 1.165) is 26.5 Å². The van der Waals surface area contributed by atoms with E-state index >= 15 is 0 Å². The second-order valence-corrected chi connectivity index (χ2v) is 7.11. The Labute approximate surface area is 145 Å². The third-order valence-electron chi connectivity index (χ3n) is 4.16. The van der Waals surface area contributed by atoms with E-state index in [0.29, 0.717) is 0 Å². The van der Waals surface area contributed by atoms with Crippen LogP contribution in [0.4, 0.5) is 0 Å². The van der Waals surface area contributed by atoms with Gasteiger partial charge in [0.15, 0.2) is 0 Å². The van der Waals surface area contributed by atoms with Gasteiger partial charge >= 0.3 is 0 Å². The lowest BCUT2D eigenvalue weighted by atomic mass is 9.98. The monoisotopic (exact) mass is 414 g/mol.